The molecule has 1 atom stereocenters. The Kier molecular flexibility index (Phi) is 7.84. The first-order valence-corrected chi connectivity index (χ1v) is 10.6. The number of nitro benzene ring substituents is 1. The van der Waals surface area contributed by atoms with Gasteiger partial charge in [0.25, 0.3) is 5.69 Å². The summed E-state index contributed by atoms with van der Waals surface area (Å²) in [5.74, 6) is 0.821. The molecule has 2 N–H and O–H groups in total. The maximum atomic E-state index is 11.0. The van der Waals surface area contributed by atoms with E-state index in [1.807, 2.05) is 12.1 Å². The van der Waals surface area contributed by atoms with Gasteiger partial charge < -0.3 is 15.4 Å². The van der Waals surface area contributed by atoms with Gasteiger partial charge in [-0.25, -0.2) is 0 Å². The SMILES string of the molecule is COc1ccc(C(CNC(=S)Nc2cc([N+](=O)[O-])ccc2Cl)N2CCCCC2)cc1. The first kappa shape index (κ1) is 22.3. The second kappa shape index (κ2) is 10.6. The molecule has 0 saturated carbocycles. The van der Waals surface area contributed by atoms with Crippen molar-refractivity contribution in [2.75, 3.05) is 32.1 Å². The molecule has 1 saturated heterocycles. The third-order valence-electron chi connectivity index (χ3n) is 5.20. The Morgan fingerprint density at radius 3 is 2.57 bits per heavy atom. The molecule has 1 heterocycles. The summed E-state index contributed by atoms with van der Waals surface area (Å²) < 4.78 is 5.28. The number of thiocarbonyl (C=S) groups is 1. The molecule has 7 nitrogen and oxygen atoms in total. The summed E-state index contributed by atoms with van der Waals surface area (Å²) in [6.45, 7) is 2.68. The Bertz CT molecular complexity index is 888. The fourth-order valence-electron chi connectivity index (χ4n) is 3.59. The highest BCUT2D eigenvalue weighted by Gasteiger charge is 2.22. The van der Waals surface area contributed by atoms with Crippen molar-refractivity contribution in [2.45, 2.75) is 25.3 Å². The lowest BCUT2D eigenvalue weighted by molar-refractivity contribution is -0.384. The Balaban J connectivity index is 1.69. The van der Waals surface area contributed by atoms with Gasteiger partial charge in [-0.15, -0.1) is 0 Å². The van der Waals surface area contributed by atoms with Crippen LogP contribution in [0, 0.1) is 10.1 Å². The number of halogens is 1. The van der Waals surface area contributed by atoms with Gasteiger partial charge in [-0.05, 0) is 61.9 Å². The van der Waals surface area contributed by atoms with Gasteiger partial charge in [0.1, 0.15) is 5.75 Å². The molecule has 1 fully saturated rings. The Morgan fingerprint density at radius 2 is 1.93 bits per heavy atom. The minimum absolute atomic E-state index is 0.0471. The van der Waals surface area contributed by atoms with Crippen LogP contribution in [0.3, 0.4) is 0 Å². The van der Waals surface area contributed by atoms with Crippen molar-refractivity contribution in [1.82, 2.24) is 10.2 Å². The lowest BCUT2D eigenvalue weighted by Gasteiger charge is -2.35. The largest absolute Gasteiger partial charge is 0.497 e. The molecule has 2 aromatic carbocycles. The van der Waals surface area contributed by atoms with Crippen LogP contribution in [-0.2, 0) is 0 Å². The molecule has 2 aromatic rings. The van der Waals surface area contributed by atoms with Crippen LogP contribution in [0.4, 0.5) is 11.4 Å². The average Bonchev–Trinajstić information content (AvgIpc) is 2.76. The van der Waals surface area contributed by atoms with E-state index in [0.717, 1.165) is 18.8 Å². The molecule has 0 spiro atoms. The van der Waals surface area contributed by atoms with E-state index in [1.54, 1.807) is 7.11 Å². The summed E-state index contributed by atoms with van der Waals surface area (Å²) in [6, 6.07) is 12.5. The number of ether oxygens (including phenoxy) is 1. The number of nitro groups is 1. The molecule has 0 aromatic heterocycles. The number of non-ortho nitro benzene ring substituents is 1. The van der Waals surface area contributed by atoms with Crippen LogP contribution in [0.1, 0.15) is 30.9 Å². The van der Waals surface area contributed by atoms with Crippen molar-refractivity contribution >= 4 is 40.3 Å². The number of nitrogens with one attached hydrogen (secondary N) is 2. The van der Waals surface area contributed by atoms with E-state index in [2.05, 4.69) is 27.7 Å². The first-order chi connectivity index (χ1) is 14.5. The van der Waals surface area contributed by atoms with E-state index in [0.29, 0.717) is 22.4 Å². The van der Waals surface area contributed by atoms with Gasteiger partial charge in [-0.1, -0.05) is 30.2 Å². The molecule has 0 amide bonds. The highest BCUT2D eigenvalue weighted by molar-refractivity contribution is 7.80. The molecule has 1 aliphatic heterocycles. The summed E-state index contributed by atoms with van der Waals surface area (Å²) >= 11 is 11.6. The maximum Gasteiger partial charge on any atom is 0.271 e. The van der Waals surface area contributed by atoms with E-state index in [9.17, 15) is 10.1 Å². The molecule has 30 heavy (non-hydrogen) atoms. The summed E-state index contributed by atoms with van der Waals surface area (Å²) in [5, 5.41) is 18.0. The van der Waals surface area contributed by atoms with Crippen molar-refractivity contribution in [3.8, 4) is 5.75 Å². The zero-order chi connectivity index (χ0) is 21.5. The first-order valence-electron chi connectivity index (χ1n) is 9.84. The topological polar surface area (TPSA) is 79.7 Å². The number of rotatable bonds is 7. The number of methoxy groups -OCH3 is 1. The normalized spacial score (nSPS) is 15.3. The zero-order valence-corrected chi connectivity index (χ0v) is 18.3. The quantitative estimate of drug-likeness (QED) is 0.358. The number of hydrogen-bond acceptors (Lipinski definition) is 5. The third-order valence-corrected chi connectivity index (χ3v) is 5.77. The molecule has 1 aliphatic rings. The minimum Gasteiger partial charge on any atom is -0.497 e. The molecule has 0 bridgehead atoms. The molecule has 160 valence electrons. The van der Waals surface area contributed by atoms with Crippen LogP contribution < -0.4 is 15.4 Å². The third kappa shape index (κ3) is 5.81. The average molecular weight is 449 g/mol. The molecule has 9 heteroatoms. The second-order valence-electron chi connectivity index (χ2n) is 7.14. The van der Waals surface area contributed by atoms with E-state index in [-0.39, 0.29) is 11.7 Å². The Hall–Kier alpha value is -2.42. The fourth-order valence-corrected chi connectivity index (χ4v) is 3.95. The van der Waals surface area contributed by atoms with Crippen molar-refractivity contribution < 1.29 is 9.66 Å². The maximum absolute atomic E-state index is 11.0. The molecular weight excluding hydrogens is 424 g/mol. The number of nitrogens with zero attached hydrogens (tertiary/aromatic N) is 2. The van der Waals surface area contributed by atoms with Gasteiger partial charge in [0.05, 0.1) is 28.8 Å². The lowest BCUT2D eigenvalue weighted by atomic mass is 10.0. The van der Waals surface area contributed by atoms with Crippen molar-refractivity contribution in [3.05, 3.63) is 63.2 Å². The van der Waals surface area contributed by atoms with Crippen LogP contribution in [0.5, 0.6) is 5.75 Å². The molecule has 0 aliphatic carbocycles. The minimum atomic E-state index is -0.464. The van der Waals surface area contributed by atoms with Gasteiger partial charge >= 0.3 is 0 Å². The fraction of sp³-hybridized carbons (Fsp3) is 0.381. The number of anilines is 1. The summed E-state index contributed by atoms with van der Waals surface area (Å²) in [4.78, 5) is 13.0. The predicted octanol–water partition coefficient (Wildman–Crippen LogP) is 4.77. The zero-order valence-electron chi connectivity index (χ0n) is 16.8. The number of hydrogen-bond donors (Lipinski definition) is 2. The van der Waals surface area contributed by atoms with Crippen LogP contribution in [0.25, 0.3) is 0 Å². The smallest absolute Gasteiger partial charge is 0.271 e. The lowest BCUT2D eigenvalue weighted by Crippen LogP contribution is -2.41. The number of benzene rings is 2. The van der Waals surface area contributed by atoms with Gasteiger partial charge in [0.2, 0.25) is 0 Å². The number of likely N-dealkylation sites (tertiary alicyclic amines) is 1. The van der Waals surface area contributed by atoms with E-state index < -0.39 is 4.92 Å². The Labute approximate surface area is 186 Å². The van der Waals surface area contributed by atoms with Crippen molar-refractivity contribution in [2.24, 2.45) is 0 Å². The van der Waals surface area contributed by atoms with E-state index in [4.69, 9.17) is 28.6 Å². The number of piperidine rings is 1. The molecular formula is C21H25ClN4O3S. The highest BCUT2D eigenvalue weighted by atomic mass is 35.5. The second-order valence-corrected chi connectivity index (χ2v) is 7.96. The van der Waals surface area contributed by atoms with Crippen LogP contribution >= 0.6 is 23.8 Å². The van der Waals surface area contributed by atoms with Crippen molar-refractivity contribution in [1.29, 1.82) is 0 Å². The summed E-state index contributed by atoms with van der Waals surface area (Å²) in [5.41, 5.74) is 1.54. The highest BCUT2D eigenvalue weighted by Crippen LogP contribution is 2.28. The van der Waals surface area contributed by atoms with E-state index >= 15 is 0 Å². The van der Waals surface area contributed by atoms with Crippen LogP contribution in [0.15, 0.2) is 42.5 Å². The van der Waals surface area contributed by atoms with Gasteiger partial charge in [0, 0.05) is 18.7 Å². The van der Waals surface area contributed by atoms with Crippen LogP contribution in [-0.4, -0.2) is 41.7 Å². The van der Waals surface area contributed by atoms with Gasteiger partial charge in [0.15, 0.2) is 5.11 Å². The van der Waals surface area contributed by atoms with Crippen molar-refractivity contribution in [3.63, 3.8) is 0 Å². The Morgan fingerprint density at radius 1 is 1.23 bits per heavy atom. The van der Waals surface area contributed by atoms with Gasteiger partial charge in [-0.3, -0.25) is 15.0 Å². The summed E-state index contributed by atoms with van der Waals surface area (Å²) in [6.07, 6.45) is 3.61. The van der Waals surface area contributed by atoms with Gasteiger partial charge in [-0.2, -0.15) is 0 Å². The monoisotopic (exact) mass is 448 g/mol. The van der Waals surface area contributed by atoms with Crippen LogP contribution in [0.2, 0.25) is 5.02 Å². The molecule has 0 radical (unpaired) electrons. The molecule has 1 unspecified atom stereocenters. The molecule has 3 rings (SSSR count). The summed E-state index contributed by atoms with van der Waals surface area (Å²) in [7, 11) is 1.65. The standard InChI is InChI=1S/C21H25ClN4O3S/c1-29-17-8-5-15(6-9-17)20(25-11-3-2-4-12-25)14-23-21(30)24-19-13-16(26(27)28)7-10-18(19)22/h5-10,13,20H,2-4,11-12,14H2,1H3,(H2,23,24,30). The van der Waals surface area contributed by atoms with E-state index in [1.165, 1.54) is 43.0 Å². The predicted molar refractivity (Wildman–Crippen MR) is 123 cm³/mol.